The maximum absolute atomic E-state index is 12.7. The van der Waals surface area contributed by atoms with Gasteiger partial charge < -0.3 is 10.8 Å². The zero-order chi connectivity index (χ0) is 16.6. The molecule has 8 heteroatoms. The lowest BCUT2D eigenvalue weighted by molar-refractivity contribution is -0.143. The van der Waals surface area contributed by atoms with Crippen molar-refractivity contribution in [3.05, 3.63) is 34.9 Å². The highest BCUT2D eigenvalue weighted by Crippen LogP contribution is 2.39. The lowest BCUT2D eigenvalue weighted by Gasteiger charge is -2.30. The Bertz CT molecular complexity index is 474. The minimum absolute atomic E-state index is 0.0438. The van der Waals surface area contributed by atoms with Gasteiger partial charge in [-0.25, -0.2) is 0 Å². The first-order valence-corrected chi connectivity index (χ1v) is 5.95. The predicted molar refractivity (Wildman–Crippen MR) is 64.2 cm³/mol. The van der Waals surface area contributed by atoms with Crippen LogP contribution in [0, 0.1) is 5.41 Å². The van der Waals surface area contributed by atoms with E-state index in [4.69, 9.17) is 10.8 Å². The Morgan fingerprint density at radius 2 is 1.33 bits per heavy atom. The molecule has 0 aliphatic rings. The Labute approximate surface area is 117 Å². The van der Waals surface area contributed by atoms with Crippen molar-refractivity contribution >= 4 is 0 Å². The Balaban J connectivity index is 3.46. The van der Waals surface area contributed by atoms with E-state index in [1.807, 2.05) is 0 Å². The summed E-state index contributed by atoms with van der Waals surface area (Å²) < 4.78 is 76.3. The molecule has 1 atom stereocenters. The van der Waals surface area contributed by atoms with Gasteiger partial charge in [0.1, 0.15) is 0 Å². The van der Waals surface area contributed by atoms with E-state index in [0.29, 0.717) is 12.1 Å². The fourth-order valence-electron chi connectivity index (χ4n) is 1.71. The predicted octanol–water partition coefficient (Wildman–Crippen LogP) is 3.74. The highest BCUT2D eigenvalue weighted by atomic mass is 19.4. The number of aliphatic hydroxyl groups excluding tert-OH is 1. The van der Waals surface area contributed by atoms with Crippen LogP contribution in [0.3, 0.4) is 0 Å². The number of hydrogen-bond acceptors (Lipinski definition) is 2. The third-order valence-corrected chi connectivity index (χ3v) is 3.22. The molecule has 0 bridgehead atoms. The van der Waals surface area contributed by atoms with Crippen molar-refractivity contribution in [1.82, 2.24) is 0 Å². The quantitative estimate of drug-likeness (QED) is 0.835. The first-order valence-electron chi connectivity index (χ1n) is 5.95. The minimum Gasteiger partial charge on any atom is -0.396 e. The molecular formula is C13H15F6NO. The molecule has 0 saturated carbocycles. The second-order valence-corrected chi connectivity index (χ2v) is 5.46. The molecule has 120 valence electrons. The van der Waals surface area contributed by atoms with Crippen molar-refractivity contribution in [3.8, 4) is 0 Å². The standard InChI is InChI=1S/C13H15F6NO/c1-11(2,6-21)10(20)7-3-8(12(14,15)16)5-9(4-7)13(17,18)19/h3-5,10,21H,6,20H2,1-2H3/t10-/m0/s1. The number of alkyl halides is 6. The zero-order valence-electron chi connectivity index (χ0n) is 11.3. The zero-order valence-corrected chi connectivity index (χ0v) is 11.3. The van der Waals surface area contributed by atoms with Crippen molar-refractivity contribution in [2.75, 3.05) is 6.61 Å². The molecule has 1 aromatic rings. The molecule has 3 N–H and O–H groups in total. The summed E-state index contributed by atoms with van der Waals surface area (Å²) in [5.41, 5.74) is 1.49. The minimum atomic E-state index is -4.92. The van der Waals surface area contributed by atoms with Crippen molar-refractivity contribution in [2.24, 2.45) is 11.1 Å². The van der Waals surface area contributed by atoms with E-state index in [2.05, 4.69) is 0 Å². The maximum Gasteiger partial charge on any atom is 0.416 e. The van der Waals surface area contributed by atoms with Crippen LogP contribution in [0.5, 0.6) is 0 Å². The summed E-state index contributed by atoms with van der Waals surface area (Å²) in [6.45, 7) is 2.42. The van der Waals surface area contributed by atoms with E-state index in [-0.39, 0.29) is 11.6 Å². The molecular weight excluding hydrogens is 300 g/mol. The molecule has 0 radical (unpaired) electrons. The van der Waals surface area contributed by atoms with E-state index < -0.39 is 41.5 Å². The van der Waals surface area contributed by atoms with Crippen LogP contribution in [0.15, 0.2) is 18.2 Å². The smallest absolute Gasteiger partial charge is 0.396 e. The van der Waals surface area contributed by atoms with E-state index in [0.717, 1.165) is 0 Å². The van der Waals surface area contributed by atoms with E-state index >= 15 is 0 Å². The molecule has 0 aliphatic heterocycles. The van der Waals surface area contributed by atoms with Crippen LogP contribution in [0.2, 0.25) is 0 Å². The third kappa shape index (κ3) is 4.10. The molecule has 21 heavy (non-hydrogen) atoms. The molecule has 0 heterocycles. The summed E-state index contributed by atoms with van der Waals surface area (Å²) in [6.07, 6.45) is -9.84. The Morgan fingerprint density at radius 1 is 0.952 bits per heavy atom. The van der Waals surface area contributed by atoms with Gasteiger partial charge in [0.2, 0.25) is 0 Å². The number of hydrogen-bond donors (Lipinski definition) is 2. The normalized spacial score (nSPS) is 15.1. The van der Waals surface area contributed by atoms with Crippen LogP contribution < -0.4 is 5.73 Å². The first-order chi connectivity index (χ1) is 9.29. The maximum atomic E-state index is 12.7. The average molecular weight is 315 g/mol. The van der Waals surface area contributed by atoms with E-state index in [9.17, 15) is 26.3 Å². The summed E-state index contributed by atoms with van der Waals surface area (Å²) in [7, 11) is 0. The number of rotatable bonds is 3. The summed E-state index contributed by atoms with van der Waals surface area (Å²) in [5, 5.41) is 9.16. The Kier molecular flexibility index (Phi) is 4.65. The van der Waals surface area contributed by atoms with Crippen molar-refractivity contribution in [1.29, 1.82) is 0 Å². The van der Waals surface area contributed by atoms with Gasteiger partial charge in [0, 0.05) is 18.1 Å². The molecule has 0 unspecified atom stereocenters. The van der Waals surface area contributed by atoms with Crippen LogP contribution in [0.1, 0.15) is 36.6 Å². The molecule has 1 rings (SSSR count). The monoisotopic (exact) mass is 315 g/mol. The first kappa shape index (κ1) is 17.8. The van der Waals surface area contributed by atoms with Gasteiger partial charge in [-0.3, -0.25) is 0 Å². The van der Waals surface area contributed by atoms with E-state index in [1.54, 1.807) is 0 Å². The van der Waals surface area contributed by atoms with Crippen molar-refractivity contribution < 1.29 is 31.4 Å². The van der Waals surface area contributed by atoms with Crippen LogP contribution in [0.4, 0.5) is 26.3 Å². The van der Waals surface area contributed by atoms with E-state index in [1.165, 1.54) is 13.8 Å². The highest BCUT2D eigenvalue weighted by molar-refractivity contribution is 5.35. The molecule has 0 spiro atoms. The number of benzene rings is 1. The molecule has 0 amide bonds. The van der Waals surface area contributed by atoms with Gasteiger partial charge >= 0.3 is 12.4 Å². The van der Waals surface area contributed by atoms with Crippen molar-refractivity contribution in [2.45, 2.75) is 32.2 Å². The number of nitrogens with two attached hydrogens (primary N) is 1. The Hall–Kier alpha value is -1.28. The summed E-state index contributed by atoms with van der Waals surface area (Å²) in [4.78, 5) is 0. The van der Waals surface area contributed by atoms with Crippen molar-refractivity contribution in [3.63, 3.8) is 0 Å². The number of aliphatic hydroxyl groups is 1. The Morgan fingerprint density at radius 3 is 1.62 bits per heavy atom. The van der Waals surface area contributed by atoms with Gasteiger partial charge in [-0.2, -0.15) is 26.3 Å². The molecule has 2 nitrogen and oxygen atoms in total. The molecule has 0 aliphatic carbocycles. The summed E-state index contributed by atoms with van der Waals surface area (Å²) >= 11 is 0. The fourth-order valence-corrected chi connectivity index (χ4v) is 1.71. The second-order valence-electron chi connectivity index (χ2n) is 5.46. The lowest BCUT2D eigenvalue weighted by atomic mass is 9.81. The lowest BCUT2D eigenvalue weighted by Crippen LogP contribution is -2.33. The highest BCUT2D eigenvalue weighted by Gasteiger charge is 2.38. The molecule has 0 saturated heterocycles. The SMILES string of the molecule is CC(C)(CO)[C@@H](N)c1cc(C(F)(F)F)cc(C(F)(F)F)c1. The van der Waals surface area contributed by atoms with Gasteiger partial charge in [0.15, 0.2) is 0 Å². The largest absolute Gasteiger partial charge is 0.416 e. The van der Waals surface area contributed by atoms with Crippen LogP contribution in [-0.4, -0.2) is 11.7 Å². The summed E-state index contributed by atoms with van der Waals surface area (Å²) in [5.74, 6) is 0. The molecule has 1 aromatic carbocycles. The average Bonchev–Trinajstić information content (AvgIpc) is 2.35. The molecule has 0 aromatic heterocycles. The topological polar surface area (TPSA) is 46.2 Å². The van der Waals surface area contributed by atoms with Crippen LogP contribution >= 0.6 is 0 Å². The number of halogens is 6. The van der Waals surface area contributed by atoms with Gasteiger partial charge in [0.05, 0.1) is 11.1 Å². The van der Waals surface area contributed by atoms with Gasteiger partial charge in [-0.1, -0.05) is 13.8 Å². The van der Waals surface area contributed by atoms with Gasteiger partial charge in [0.25, 0.3) is 0 Å². The van der Waals surface area contributed by atoms with Crippen LogP contribution in [0.25, 0.3) is 0 Å². The van der Waals surface area contributed by atoms with Gasteiger partial charge in [-0.15, -0.1) is 0 Å². The second kappa shape index (κ2) is 5.49. The summed E-state index contributed by atoms with van der Waals surface area (Å²) in [6, 6.07) is 0.0301. The fraction of sp³-hybridized carbons (Fsp3) is 0.538. The van der Waals surface area contributed by atoms with Gasteiger partial charge in [-0.05, 0) is 23.8 Å². The third-order valence-electron chi connectivity index (χ3n) is 3.22. The molecule has 0 fully saturated rings. The van der Waals surface area contributed by atoms with Crippen LogP contribution in [-0.2, 0) is 12.4 Å².